The van der Waals surface area contributed by atoms with Gasteiger partial charge >= 0.3 is 24.3 Å². The van der Waals surface area contributed by atoms with Gasteiger partial charge in [0.05, 0.1) is 0 Å². The number of amides is 1. The second-order valence-electron chi connectivity index (χ2n) is 6.42. The second-order valence-corrected chi connectivity index (χ2v) is 6.42. The van der Waals surface area contributed by atoms with Crippen LogP contribution in [-0.2, 0) is 14.4 Å². The van der Waals surface area contributed by atoms with Crippen molar-refractivity contribution in [3.05, 3.63) is 35.9 Å². The number of amidine groups is 1. The molecule has 2 heterocycles. The number of hydrogen-bond acceptors (Lipinski definition) is 5. The molecular formula is C19H17F6N3O5. The van der Waals surface area contributed by atoms with Crippen molar-refractivity contribution >= 4 is 23.7 Å². The highest BCUT2D eigenvalue weighted by atomic mass is 19.4. The van der Waals surface area contributed by atoms with Crippen LogP contribution in [-0.4, -0.2) is 64.9 Å². The molecule has 4 N–H and O–H groups in total. The van der Waals surface area contributed by atoms with Gasteiger partial charge in [-0.15, -0.1) is 0 Å². The molecule has 0 unspecified atom stereocenters. The van der Waals surface area contributed by atoms with E-state index in [1.807, 2.05) is 30.3 Å². The fourth-order valence-corrected chi connectivity index (χ4v) is 2.41. The zero-order chi connectivity index (χ0) is 25.3. The summed E-state index contributed by atoms with van der Waals surface area (Å²) in [6.45, 7) is 1.66. The highest BCUT2D eigenvalue weighted by Gasteiger charge is 2.44. The van der Waals surface area contributed by atoms with E-state index in [-0.39, 0.29) is 5.91 Å². The van der Waals surface area contributed by atoms with E-state index in [0.29, 0.717) is 5.84 Å². The molecule has 1 saturated heterocycles. The van der Waals surface area contributed by atoms with Crippen molar-refractivity contribution in [2.24, 2.45) is 4.99 Å². The Labute approximate surface area is 182 Å². The van der Waals surface area contributed by atoms with Gasteiger partial charge in [-0.25, -0.2) is 14.6 Å². The van der Waals surface area contributed by atoms with E-state index in [1.54, 1.807) is 0 Å². The number of rotatable bonds is 0. The summed E-state index contributed by atoms with van der Waals surface area (Å²) in [6.07, 6.45) is -8.68. The van der Waals surface area contributed by atoms with Crippen LogP contribution in [0.1, 0.15) is 18.4 Å². The van der Waals surface area contributed by atoms with Gasteiger partial charge in [0.2, 0.25) is 0 Å². The van der Waals surface area contributed by atoms with Crippen LogP contribution in [0.25, 0.3) is 0 Å². The molecule has 2 aliphatic heterocycles. The first-order chi connectivity index (χ1) is 15.2. The normalized spacial score (nSPS) is 16.5. The van der Waals surface area contributed by atoms with Crippen LogP contribution in [0.15, 0.2) is 35.3 Å². The van der Waals surface area contributed by atoms with Gasteiger partial charge in [-0.3, -0.25) is 4.79 Å². The highest BCUT2D eigenvalue weighted by molar-refractivity contribution is 6.15. The summed E-state index contributed by atoms with van der Waals surface area (Å²) in [6, 6.07) is 9.69. The lowest BCUT2D eigenvalue weighted by molar-refractivity contribution is -0.193. The van der Waals surface area contributed by atoms with Crippen LogP contribution in [0.2, 0.25) is 0 Å². The molecule has 33 heavy (non-hydrogen) atoms. The number of carboxylic acids is 2. The van der Waals surface area contributed by atoms with E-state index < -0.39 is 29.8 Å². The summed E-state index contributed by atoms with van der Waals surface area (Å²) < 4.78 is 63.5. The molecule has 180 valence electrons. The van der Waals surface area contributed by atoms with Gasteiger partial charge in [0, 0.05) is 5.56 Å². The van der Waals surface area contributed by atoms with E-state index in [0.717, 1.165) is 31.5 Å². The molecule has 8 nitrogen and oxygen atoms in total. The molecule has 0 aromatic heterocycles. The molecule has 0 atom stereocenters. The first-order valence-electron chi connectivity index (χ1n) is 8.97. The third-order valence-corrected chi connectivity index (χ3v) is 4.00. The molecule has 1 amide bonds. The summed E-state index contributed by atoms with van der Waals surface area (Å²) in [4.78, 5) is 34.4. The molecule has 0 radical (unpaired) electrons. The number of halogens is 6. The summed E-state index contributed by atoms with van der Waals surface area (Å²) in [7, 11) is 0. The first-order valence-corrected chi connectivity index (χ1v) is 8.97. The van der Waals surface area contributed by atoms with Gasteiger partial charge in [-0.1, -0.05) is 24.1 Å². The maximum absolute atomic E-state index is 12.1. The number of carboxylic acid groups (broad SMARTS) is 2. The number of hydrogen-bond donors (Lipinski definition) is 4. The Kier molecular flexibility index (Phi) is 9.41. The number of alkyl halides is 6. The molecule has 2 aliphatic rings. The standard InChI is InChI=1S/C15H15N3O.2C2HF3O2/c19-14-15(8-10-16-11-9-15)18-13(17-14)7-6-12-4-2-1-3-5-12;2*3-2(4,5)1(6)7/h1-5,16H,8-11H2,(H,17,18,19);2*(H,6,7). The Hall–Kier alpha value is -3.60. The minimum absolute atomic E-state index is 0.00800. The maximum atomic E-state index is 12.1. The van der Waals surface area contributed by atoms with E-state index >= 15 is 0 Å². The van der Waals surface area contributed by atoms with Crippen molar-refractivity contribution in [3.8, 4) is 11.8 Å². The SMILES string of the molecule is O=C(O)C(F)(F)F.O=C(O)C(F)(F)F.O=C1NC(C#Cc2ccccc2)=NC12CCNCC2. The maximum Gasteiger partial charge on any atom is 0.490 e. The van der Waals surface area contributed by atoms with Crippen LogP contribution in [0, 0.1) is 11.8 Å². The quantitative estimate of drug-likeness (QED) is 0.331. The van der Waals surface area contributed by atoms with Gasteiger partial charge in [0.15, 0.2) is 5.84 Å². The Bertz CT molecular complexity index is 919. The Morgan fingerprint density at radius 1 is 0.909 bits per heavy atom. The van der Waals surface area contributed by atoms with Crippen molar-refractivity contribution in [3.63, 3.8) is 0 Å². The second kappa shape index (κ2) is 11.3. The lowest BCUT2D eigenvalue weighted by Gasteiger charge is -2.27. The Morgan fingerprint density at radius 3 is 1.79 bits per heavy atom. The summed E-state index contributed by atoms with van der Waals surface area (Å²) in [5, 5.41) is 20.3. The first kappa shape index (κ1) is 27.4. The summed E-state index contributed by atoms with van der Waals surface area (Å²) in [5.41, 5.74) is 0.345. The van der Waals surface area contributed by atoms with E-state index in [9.17, 15) is 31.1 Å². The fraction of sp³-hybridized carbons (Fsp3) is 0.368. The van der Waals surface area contributed by atoms with Gasteiger partial charge in [0.1, 0.15) is 5.54 Å². The van der Waals surface area contributed by atoms with Gasteiger partial charge < -0.3 is 20.8 Å². The molecule has 1 fully saturated rings. The van der Waals surface area contributed by atoms with E-state index in [2.05, 4.69) is 27.5 Å². The van der Waals surface area contributed by atoms with E-state index in [4.69, 9.17) is 19.8 Å². The summed E-state index contributed by atoms with van der Waals surface area (Å²) in [5.74, 6) is 0.940. The molecule has 1 aromatic carbocycles. The zero-order valence-corrected chi connectivity index (χ0v) is 16.5. The molecule has 0 saturated carbocycles. The molecule has 14 heteroatoms. The van der Waals surface area contributed by atoms with Crippen LogP contribution < -0.4 is 10.6 Å². The van der Waals surface area contributed by atoms with Crippen molar-refractivity contribution in [1.29, 1.82) is 0 Å². The van der Waals surface area contributed by atoms with Crippen molar-refractivity contribution in [2.75, 3.05) is 13.1 Å². The number of nitrogens with zero attached hydrogens (tertiary/aromatic N) is 1. The monoisotopic (exact) mass is 481 g/mol. The average Bonchev–Trinajstić information content (AvgIpc) is 3.02. The highest BCUT2D eigenvalue weighted by Crippen LogP contribution is 2.26. The lowest BCUT2D eigenvalue weighted by atomic mass is 9.89. The smallest absolute Gasteiger partial charge is 0.475 e. The lowest BCUT2D eigenvalue weighted by Crippen LogP contribution is -2.47. The van der Waals surface area contributed by atoms with Crippen LogP contribution in [0.5, 0.6) is 0 Å². The molecule has 0 aliphatic carbocycles. The molecular weight excluding hydrogens is 464 g/mol. The number of carbonyl (C=O) groups excluding carboxylic acids is 1. The largest absolute Gasteiger partial charge is 0.490 e. The number of nitrogens with one attached hydrogen (secondary N) is 2. The molecule has 1 spiro atoms. The Morgan fingerprint density at radius 2 is 1.36 bits per heavy atom. The van der Waals surface area contributed by atoms with Crippen molar-refractivity contribution in [1.82, 2.24) is 10.6 Å². The average molecular weight is 481 g/mol. The van der Waals surface area contributed by atoms with Crippen LogP contribution >= 0.6 is 0 Å². The molecule has 3 rings (SSSR count). The van der Waals surface area contributed by atoms with E-state index in [1.165, 1.54) is 0 Å². The molecule has 0 bridgehead atoms. The van der Waals surface area contributed by atoms with Crippen molar-refractivity contribution in [2.45, 2.75) is 30.7 Å². The molecule has 1 aromatic rings. The predicted octanol–water partition coefficient (Wildman–Crippen LogP) is 1.96. The number of benzene rings is 1. The zero-order valence-electron chi connectivity index (χ0n) is 16.5. The minimum atomic E-state index is -5.08. The number of aliphatic imine (C=N–C) groups is 1. The number of carbonyl (C=O) groups is 3. The minimum Gasteiger partial charge on any atom is -0.475 e. The number of aliphatic carboxylic acids is 2. The van der Waals surface area contributed by atoms with Crippen LogP contribution in [0.4, 0.5) is 26.3 Å². The van der Waals surface area contributed by atoms with Gasteiger partial charge in [0.25, 0.3) is 5.91 Å². The predicted molar refractivity (Wildman–Crippen MR) is 101 cm³/mol. The third-order valence-electron chi connectivity index (χ3n) is 4.00. The van der Waals surface area contributed by atoms with Gasteiger partial charge in [-0.2, -0.15) is 26.3 Å². The van der Waals surface area contributed by atoms with Crippen LogP contribution in [0.3, 0.4) is 0 Å². The number of piperidine rings is 1. The fourth-order valence-electron chi connectivity index (χ4n) is 2.41. The van der Waals surface area contributed by atoms with Crippen molar-refractivity contribution < 1.29 is 50.9 Å². The third kappa shape index (κ3) is 9.19. The Balaban J connectivity index is 0.000000324. The topological polar surface area (TPSA) is 128 Å². The van der Waals surface area contributed by atoms with Gasteiger partial charge in [-0.05, 0) is 44.0 Å². The summed E-state index contributed by atoms with van der Waals surface area (Å²) >= 11 is 0.